The van der Waals surface area contributed by atoms with Gasteiger partial charge < -0.3 is 4.74 Å². The van der Waals surface area contributed by atoms with Gasteiger partial charge in [0.05, 0.1) is 6.67 Å². The third kappa shape index (κ3) is 8.24. The molecule has 0 aliphatic rings. The third-order valence-corrected chi connectivity index (χ3v) is 1.40. The molecular formula is C8H9F11O2. The first-order chi connectivity index (χ1) is 9.12. The van der Waals surface area contributed by atoms with Crippen LogP contribution < -0.4 is 0 Å². The number of alkyl halides is 11. The quantitative estimate of drug-likeness (QED) is 0.546. The molecule has 0 radical (unpaired) electrons. The molecule has 13 heteroatoms. The van der Waals surface area contributed by atoms with Crippen molar-refractivity contribution < 1.29 is 57.8 Å². The fourth-order valence-corrected chi connectivity index (χ4v) is 0.476. The van der Waals surface area contributed by atoms with E-state index in [9.17, 15) is 48.3 Å². The van der Waals surface area contributed by atoms with Crippen molar-refractivity contribution >= 4 is 0 Å². The molecule has 130 valence electrons. The van der Waals surface area contributed by atoms with Crippen molar-refractivity contribution in [1.29, 1.82) is 0 Å². The average Bonchev–Trinajstić information content (AvgIpc) is 2.22. The zero-order valence-electron chi connectivity index (χ0n) is 10.1. The Labute approximate surface area is 110 Å². The summed E-state index contributed by atoms with van der Waals surface area (Å²) >= 11 is 0. The van der Waals surface area contributed by atoms with Crippen LogP contribution in [0.5, 0.6) is 0 Å². The molecule has 0 saturated carbocycles. The smallest absolute Gasteiger partial charge is 0.385 e. The van der Waals surface area contributed by atoms with E-state index in [1.807, 2.05) is 0 Å². The first kappa shape index (κ1) is 22.4. The predicted molar refractivity (Wildman–Crippen MR) is 45.6 cm³/mol. The summed E-state index contributed by atoms with van der Waals surface area (Å²) < 4.78 is 131. The highest BCUT2D eigenvalue weighted by atomic mass is 19.4. The number of rotatable bonds is 5. The van der Waals surface area contributed by atoms with Crippen molar-refractivity contribution in [2.45, 2.75) is 31.0 Å². The SMILES string of the molecule is COCCCF.FC(F)(F)C(F)(F)OC(F)(F)C(F)(F)F. The maximum atomic E-state index is 11.6. The van der Waals surface area contributed by atoms with Gasteiger partial charge in [-0.25, -0.2) is 4.74 Å². The lowest BCUT2D eigenvalue weighted by atomic mass is 10.5. The summed E-state index contributed by atoms with van der Waals surface area (Å²) in [4.78, 5) is 0. The molecule has 0 aromatic heterocycles. The molecule has 0 amide bonds. The highest BCUT2D eigenvalue weighted by Crippen LogP contribution is 2.45. The van der Waals surface area contributed by atoms with Crippen LogP contribution >= 0.6 is 0 Å². The van der Waals surface area contributed by atoms with E-state index in [4.69, 9.17) is 0 Å². The lowest BCUT2D eigenvalue weighted by molar-refractivity contribution is -0.501. The van der Waals surface area contributed by atoms with Crippen molar-refractivity contribution in [3.8, 4) is 0 Å². The Kier molecular flexibility index (Phi) is 8.50. The van der Waals surface area contributed by atoms with Crippen LogP contribution in [0.1, 0.15) is 6.42 Å². The van der Waals surface area contributed by atoms with Gasteiger partial charge in [-0.3, -0.25) is 4.39 Å². The normalized spacial score (nSPS) is 13.7. The molecule has 21 heavy (non-hydrogen) atoms. The van der Waals surface area contributed by atoms with Crippen LogP contribution in [0.2, 0.25) is 0 Å². The Bertz CT molecular complexity index is 255. The summed E-state index contributed by atoms with van der Waals surface area (Å²) in [6, 6.07) is 0. The summed E-state index contributed by atoms with van der Waals surface area (Å²) in [5, 5.41) is 0. The molecule has 2 nitrogen and oxygen atoms in total. The third-order valence-electron chi connectivity index (χ3n) is 1.40. The second-order valence-corrected chi connectivity index (χ2v) is 3.17. The monoisotopic (exact) mass is 346 g/mol. The van der Waals surface area contributed by atoms with E-state index in [-0.39, 0.29) is 6.67 Å². The molecule has 0 heterocycles. The minimum Gasteiger partial charge on any atom is -0.385 e. The second-order valence-electron chi connectivity index (χ2n) is 3.17. The molecule has 0 rings (SSSR count). The van der Waals surface area contributed by atoms with E-state index in [1.165, 1.54) is 4.74 Å². The summed E-state index contributed by atoms with van der Waals surface area (Å²) in [6.45, 7) is 0.268. The molecule has 0 N–H and O–H groups in total. The van der Waals surface area contributed by atoms with E-state index in [0.717, 1.165) is 0 Å². The van der Waals surface area contributed by atoms with E-state index < -0.39 is 24.6 Å². The van der Waals surface area contributed by atoms with Crippen LogP contribution in [-0.4, -0.2) is 45.0 Å². The zero-order valence-corrected chi connectivity index (χ0v) is 10.1. The van der Waals surface area contributed by atoms with Crippen LogP contribution in [0.3, 0.4) is 0 Å². The molecule has 0 aliphatic heterocycles. The maximum Gasteiger partial charge on any atom is 0.483 e. The average molecular weight is 346 g/mol. The molecule has 0 bridgehead atoms. The molecule has 0 spiro atoms. The van der Waals surface area contributed by atoms with Gasteiger partial charge in [0.15, 0.2) is 0 Å². The van der Waals surface area contributed by atoms with Crippen molar-refractivity contribution in [3.63, 3.8) is 0 Å². The van der Waals surface area contributed by atoms with Crippen molar-refractivity contribution in [2.24, 2.45) is 0 Å². The molecule has 0 atom stereocenters. The minimum absolute atomic E-state index is 0.270. The Morgan fingerprint density at radius 3 is 1.19 bits per heavy atom. The molecule has 0 saturated heterocycles. The molecule has 0 fully saturated rings. The first-order valence-corrected chi connectivity index (χ1v) is 4.76. The molecule has 0 aromatic rings. The van der Waals surface area contributed by atoms with Gasteiger partial charge in [-0.05, 0) is 6.42 Å². The fourth-order valence-electron chi connectivity index (χ4n) is 0.476. The summed E-state index contributed by atoms with van der Waals surface area (Å²) in [6.07, 6.45) is -26.0. The fraction of sp³-hybridized carbons (Fsp3) is 1.00. The topological polar surface area (TPSA) is 18.5 Å². The number of methoxy groups -OCH3 is 1. The predicted octanol–water partition coefficient (Wildman–Crippen LogP) is 4.31. The molecule has 0 aliphatic carbocycles. The van der Waals surface area contributed by atoms with Gasteiger partial charge in [-0.2, -0.15) is 43.9 Å². The molecule has 0 unspecified atom stereocenters. The van der Waals surface area contributed by atoms with Crippen LogP contribution in [-0.2, 0) is 9.47 Å². The van der Waals surface area contributed by atoms with Crippen molar-refractivity contribution in [3.05, 3.63) is 0 Å². The number of halogens is 11. The Morgan fingerprint density at radius 1 is 0.714 bits per heavy atom. The van der Waals surface area contributed by atoms with E-state index >= 15 is 0 Å². The number of hydrogen-bond donors (Lipinski definition) is 0. The zero-order chi connectivity index (χ0) is 17.5. The van der Waals surface area contributed by atoms with Crippen LogP contribution in [0, 0.1) is 0 Å². The second kappa shape index (κ2) is 7.96. The van der Waals surface area contributed by atoms with Crippen LogP contribution in [0.15, 0.2) is 0 Å². The molecular weight excluding hydrogens is 337 g/mol. The summed E-state index contributed by atoms with van der Waals surface area (Å²) in [7, 11) is 1.57. The van der Waals surface area contributed by atoms with Gasteiger partial charge in [-0.1, -0.05) is 0 Å². The van der Waals surface area contributed by atoms with E-state index in [1.54, 1.807) is 7.11 Å². The molecule has 0 aromatic carbocycles. The summed E-state index contributed by atoms with van der Waals surface area (Å²) in [5.41, 5.74) is 0. The van der Waals surface area contributed by atoms with Gasteiger partial charge in [0.1, 0.15) is 0 Å². The highest BCUT2D eigenvalue weighted by molar-refractivity contribution is 4.72. The van der Waals surface area contributed by atoms with Gasteiger partial charge in [0.2, 0.25) is 0 Å². The minimum atomic E-state index is -6.66. The Morgan fingerprint density at radius 2 is 1.05 bits per heavy atom. The first-order valence-electron chi connectivity index (χ1n) is 4.76. The van der Waals surface area contributed by atoms with E-state index in [0.29, 0.717) is 13.0 Å². The van der Waals surface area contributed by atoms with Gasteiger partial charge in [0, 0.05) is 13.7 Å². The van der Waals surface area contributed by atoms with Gasteiger partial charge in [0.25, 0.3) is 0 Å². The van der Waals surface area contributed by atoms with Gasteiger partial charge in [-0.15, -0.1) is 0 Å². The van der Waals surface area contributed by atoms with Crippen LogP contribution in [0.25, 0.3) is 0 Å². The lowest BCUT2D eigenvalue weighted by Gasteiger charge is -2.26. The van der Waals surface area contributed by atoms with Crippen molar-refractivity contribution in [2.75, 3.05) is 20.4 Å². The van der Waals surface area contributed by atoms with Crippen LogP contribution in [0.4, 0.5) is 48.3 Å². The highest BCUT2D eigenvalue weighted by Gasteiger charge is 2.70. The maximum absolute atomic E-state index is 11.6. The van der Waals surface area contributed by atoms with Gasteiger partial charge >= 0.3 is 24.6 Å². The van der Waals surface area contributed by atoms with Crippen molar-refractivity contribution in [1.82, 2.24) is 0 Å². The van der Waals surface area contributed by atoms with E-state index in [2.05, 4.69) is 4.74 Å². The number of hydrogen-bond acceptors (Lipinski definition) is 2. The Hall–Kier alpha value is -0.850. The summed E-state index contributed by atoms with van der Waals surface area (Å²) in [5.74, 6) is 0. The Balaban J connectivity index is 0. The lowest BCUT2D eigenvalue weighted by Crippen LogP contribution is -2.50. The number of ether oxygens (including phenoxy) is 2. The standard InChI is InChI=1S/C4F10O.C4H9FO/c5-1(6,7)3(11,12)15-4(13,14)2(8,9)10;1-6-4-2-3-5/h;2-4H2,1H3. The largest absolute Gasteiger partial charge is 0.483 e.